The predicted octanol–water partition coefficient (Wildman–Crippen LogP) is 1.54. The lowest BCUT2D eigenvalue weighted by Gasteiger charge is -2.07. The zero-order chi connectivity index (χ0) is 13.1. The molecule has 0 fully saturated rings. The average molecular weight is 263 g/mol. The van der Waals surface area contributed by atoms with E-state index in [0.29, 0.717) is 16.3 Å². The Hall–Kier alpha value is -2.27. The van der Waals surface area contributed by atoms with Gasteiger partial charge in [-0.05, 0) is 30.3 Å². The molecule has 0 atom stereocenters. The molecule has 92 valence electrons. The second kappa shape index (κ2) is 4.93. The van der Waals surface area contributed by atoms with Gasteiger partial charge in [0, 0.05) is 18.0 Å². The summed E-state index contributed by atoms with van der Waals surface area (Å²) in [5.74, 6) is -0.766. The van der Waals surface area contributed by atoms with Gasteiger partial charge in [0.15, 0.2) is 5.96 Å². The van der Waals surface area contributed by atoms with Crippen LogP contribution in [0.2, 0.25) is 5.02 Å². The van der Waals surface area contributed by atoms with Crippen molar-refractivity contribution in [1.29, 1.82) is 0 Å². The van der Waals surface area contributed by atoms with E-state index >= 15 is 0 Å². The van der Waals surface area contributed by atoms with Gasteiger partial charge in [-0.25, -0.2) is 0 Å². The first-order valence-corrected chi connectivity index (χ1v) is 5.52. The highest BCUT2D eigenvalue weighted by molar-refractivity contribution is 6.32. The summed E-state index contributed by atoms with van der Waals surface area (Å²) in [6, 6.07) is 8.56. The van der Waals surface area contributed by atoms with Crippen LogP contribution in [0, 0.1) is 0 Å². The summed E-state index contributed by atoms with van der Waals surface area (Å²) in [5.41, 5.74) is 11.4. The molecule has 0 aliphatic rings. The molecule has 1 aromatic heterocycles. The van der Waals surface area contributed by atoms with Crippen LogP contribution in [0.1, 0.15) is 10.4 Å². The summed E-state index contributed by atoms with van der Waals surface area (Å²) in [6.45, 7) is 0. The lowest BCUT2D eigenvalue weighted by molar-refractivity contribution is 0.100. The molecule has 0 spiro atoms. The molecule has 0 saturated heterocycles. The number of carbonyl (C=O) groups excluding carboxylic acids is 1. The first-order chi connectivity index (χ1) is 8.58. The van der Waals surface area contributed by atoms with E-state index in [1.54, 1.807) is 22.8 Å². The lowest BCUT2D eigenvalue weighted by atomic mass is 10.2. The van der Waals surface area contributed by atoms with Gasteiger partial charge in [-0.2, -0.15) is 4.99 Å². The number of aliphatic imine (C=N–C) groups is 1. The fraction of sp³-hybridized carbons (Fsp3) is 0. The Morgan fingerprint density at radius 2 is 1.89 bits per heavy atom. The third-order valence-corrected chi connectivity index (χ3v) is 2.63. The Labute approximate surface area is 109 Å². The van der Waals surface area contributed by atoms with Crippen molar-refractivity contribution in [2.75, 3.05) is 0 Å². The van der Waals surface area contributed by atoms with Crippen LogP contribution >= 0.6 is 11.6 Å². The molecule has 2 aromatic rings. The number of nitrogens with zero attached hydrogens (tertiary/aromatic N) is 2. The fourth-order valence-electron chi connectivity index (χ4n) is 1.52. The van der Waals surface area contributed by atoms with Crippen LogP contribution in [-0.4, -0.2) is 16.4 Å². The van der Waals surface area contributed by atoms with Gasteiger partial charge in [0.1, 0.15) is 0 Å². The molecule has 5 nitrogen and oxygen atoms in total. The maximum absolute atomic E-state index is 11.7. The van der Waals surface area contributed by atoms with Crippen molar-refractivity contribution in [2.45, 2.75) is 0 Å². The molecule has 0 radical (unpaired) electrons. The normalized spacial score (nSPS) is 10.1. The molecule has 4 N–H and O–H groups in total. The highest BCUT2D eigenvalue weighted by Crippen LogP contribution is 2.22. The van der Waals surface area contributed by atoms with Gasteiger partial charge in [-0.15, -0.1) is 0 Å². The number of aromatic nitrogens is 1. The molecule has 1 heterocycles. The number of halogens is 1. The van der Waals surface area contributed by atoms with Crippen LogP contribution < -0.4 is 11.5 Å². The molecular formula is C12H11ClN4O. The molecule has 0 unspecified atom stereocenters. The summed E-state index contributed by atoms with van der Waals surface area (Å²) in [7, 11) is 0. The number of nitrogens with two attached hydrogens (primary N) is 2. The Morgan fingerprint density at radius 3 is 2.50 bits per heavy atom. The number of carbonyl (C=O) groups is 1. The SMILES string of the molecule is NC(N)=NC(=O)c1ccc(Cl)c(-n2cccc2)c1. The molecule has 6 heteroatoms. The lowest BCUT2D eigenvalue weighted by Crippen LogP contribution is -2.24. The van der Waals surface area contributed by atoms with Crippen LogP contribution in [0.15, 0.2) is 47.7 Å². The van der Waals surface area contributed by atoms with Crippen molar-refractivity contribution in [3.8, 4) is 5.69 Å². The molecular weight excluding hydrogens is 252 g/mol. The highest BCUT2D eigenvalue weighted by Gasteiger charge is 2.09. The molecule has 2 rings (SSSR count). The molecule has 1 amide bonds. The zero-order valence-electron chi connectivity index (χ0n) is 9.38. The minimum atomic E-state index is -0.500. The summed E-state index contributed by atoms with van der Waals surface area (Å²) in [4.78, 5) is 15.2. The molecule has 18 heavy (non-hydrogen) atoms. The molecule has 0 bridgehead atoms. The maximum Gasteiger partial charge on any atom is 0.280 e. The van der Waals surface area contributed by atoms with E-state index in [0.717, 1.165) is 0 Å². The van der Waals surface area contributed by atoms with Crippen LogP contribution in [-0.2, 0) is 0 Å². The summed E-state index contributed by atoms with van der Waals surface area (Å²) in [5, 5.41) is 0.535. The van der Waals surface area contributed by atoms with Crippen LogP contribution in [0.5, 0.6) is 0 Å². The minimum absolute atomic E-state index is 0.266. The number of amides is 1. The number of benzene rings is 1. The van der Waals surface area contributed by atoms with Crippen molar-refractivity contribution in [3.63, 3.8) is 0 Å². The van der Waals surface area contributed by atoms with Gasteiger partial charge in [-0.1, -0.05) is 11.6 Å². The van der Waals surface area contributed by atoms with Crippen LogP contribution in [0.3, 0.4) is 0 Å². The van der Waals surface area contributed by atoms with E-state index < -0.39 is 5.91 Å². The van der Waals surface area contributed by atoms with Gasteiger partial charge in [0.2, 0.25) is 0 Å². The minimum Gasteiger partial charge on any atom is -0.370 e. The first-order valence-electron chi connectivity index (χ1n) is 5.15. The van der Waals surface area contributed by atoms with E-state index in [9.17, 15) is 4.79 Å². The van der Waals surface area contributed by atoms with Gasteiger partial charge in [0.05, 0.1) is 10.7 Å². The number of guanidine groups is 1. The van der Waals surface area contributed by atoms with Crippen molar-refractivity contribution in [1.82, 2.24) is 4.57 Å². The smallest absolute Gasteiger partial charge is 0.280 e. The van der Waals surface area contributed by atoms with Crippen molar-refractivity contribution in [3.05, 3.63) is 53.3 Å². The van der Waals surface area contributed by atoms with Crippen molar-refractivity contribution in [2.24, 2.45) is 16.5 Å². The van der Waals surface area contributed by atoms with E-state index in [4.69, 9.17) is 23.1 Å². The maximum atomic E-state index is 11.7. The number of hydrogen-bond donors (Lipinski definition) is 2. The highest BCUT2D eigenvalue weighted by atomic mass is 35.5. The van der Waals surface area contributed by atoms with Gasteiger partial charge in [0.25, 0.3) is 5.91 Å². The van der Waals surface area contributed by atoms with Crippen molar-refractivity contribution >= 4 is 23.5 Å². The van der Waals surface area contributed by atoms with E-state index in [-0.39, 0.29) is 5.96 Å². The Morgan fingerprint density at radius 1 is 1.22 bits per heavy atom. The van der Waals surface area contributed by atoms with E-state index in [1.165, 1.54) is 0 Å². The number of hydrogen-bond acceptors (Lipinski definition) is 1. The summed E-state index contributed by atoms with van der Waals surface area (Å²) < 4.78 is 1.80. The third kappa shape index (κ3) is 2.52. The van der Waals surface area contributed by atoms with Crippen LogP contribution in [0.25, 0.3) is 5.69 Å². The van der Waals surface area contributed by atoms with Gasteiger partial charge in [-0.3, -0.25) is 4.79 Å². The topological polar surface area (TPSA) is 86.4 Å². The van der Waals surface area contributed by atoms with Gasteiger partial charge < -0.3 is 16.0 Å². The Balaban J connectivity index is 2.45. The quantitative estimate of drug-likeness (QED) is 0.636. The zero-order valence-corrected chi connectivity index (χ0v) is 10.1. The van der Waals surface area contributed by atoms with Crippen molar-refractivity contribution < 1.29 is 4.79 Å². The Kier molecular flexibility index (Phi) is 3.34. The summed E-state index contributed by atoms with van der Waals surface area (Å²) in [6.07, 6.45) is 3.66. The predicted molar refractivity (Wildman–Crippen MR) is 70.9 cm³/mol. The van der Waals surface area contributed by atoms with E-state index in [1.807, 2.05) is 24.5 Å². The number of rotatable bonds is 2. The molecule has 1 aromatic carbocycles. The Bertz CT molecular complexity index is 601. The van der Waals surface area contributed by atoms with Gasteiger partial charge >= 0.3 is 0 Å². The summed E-state index contributed by atoms with van der Waals surface area (Å²) >= 11 is 6.08. The third-order valence-electron chi connectivity index (χ3n) is 2.31. The largest absolute Gasteiger partial charge is 0.370 e. The second-order valence-electron chi connectivity index (χ2n) is 3.60. The fourth-order valence-corrected chi connectivity index (χ4v) is 1.74. The van der Waals surface area contributed by atoms with E-state index in [2.05, 4.69) is 4.99 Å². The first kappa shape index (κ1) is 12.2. The standard InChI is InChI=1S/C12H11ClN4O/c13-9-4-3-8(11(18)16-12(14)15)7-10(9)17-5-1-2-6-17/h1-7H,(H4,14,15,16,18). The average Bonchev–Trinajstić information content (AvgIpc) is 2.82. The molecule has 0 aliphatic heterocycles. The molecule has 0 saturated carbocycles. The molecule has 0 aliphatic carbocycles. The van der Waals surface area contributed by atoms with Crippen LogP contribution in [0.4, 0.5) is 0 Å². The second-order valence-corrected chi connectivity index (χ2v) is 4.01. The monoisotopic (exact) mass is 262 g/mol.